The van der Waals surface area contributed by atoms with Gasteiger partial charge in [0.15, 0.2) is 0 Å². The highest BCUT2D eigenvalue weighted by Crippen LogP contribution is 2.31. The third-order valence-corrected chi connectivity index (χ3v) is 2.49. The van der Waals surface area contributed by atoms with Crippen molar-refractivity contribution in [2.75, 3.05) is 0 Å². The largest absolute Gasteiger partial charge is 0.545 e. The predicted molar refractivity (Wildman–Crippen MR) is 47.7 cm³/mol. The molecule has 1 aromatic rings. The summed E-state index contributed by atoms with van der Waals surface area (Å²) >= 11 is 0. The molecule has 0 spiro atoms. The Labute approximate surface area is 76.5 Å². The molecular weight excluding hydrogens is 164 g/mol. The second-order valence-corrected chi connectivity index (χ2v) is 3.22. The summed E-state index contributed by atoms with van der Waals surface area (Å²) in [5.74, 6) is -1.05. The van der Waals surface area contributed by atoms with Crippen molar-refractivity contribution in [3.8, 4) is 0 Å². The summed E-state index contributed by atoms with van der Waals surface area (Å²) < 4.78 is 0. The maximum absolute atomic E-state index is 10.7. The number of carbonyl (C=O) groups excluding carboxylic acids is 1. The molecule has 0 unspecified atom stereocenters. The smallest absolute Gasteiger partial charge is 0.0681 e. The van der Waals surface area contributed by atoms with Crippen LogP contribution in [0.1, 0.15) is 18.1 Å². The minimum Gasteiger partial charge on any atom is -0.545 e. The van der Waals surface area contributed by atoms with Gasteiger partial charge in [-0.15, -0.1) is 0 Å². The van der Waals surface area contributed by atoms with Gasteiger partial charge >= 0.3 is 0 Å². The van der Waals surface area contributed by atoms with Crippen LogP contribution in [-0.4, -0.2) is 5.97 Å². The fraction of sp³-hybridized carbons (Fsp3) is 0.182. The standard InChI is InChI=1S/C11H10O2/c1-7-9-5-3-2-4-8(9)6-10(7)11(12)13/h2-5H,6H2,1H3,(H,12,13)/p-1. The highest BCUT2D eigenvalue weighted by atomic mass is 16.4. The average molecular weight is 173 g/mol. The van der Waals surface area contributed by atoms with Crippen LogP contribution in [0.3, 0.4) is 0 Å². The molecule has 0 saturated carbocycles. The van der Waals surface area contributed by atoms with Crippen molar-refractivity contribution >= 4 is 11.5 Å². The maximum Gasteiger partial charge on any atom is 0.0681 e. The molecule has 66 valence electrons. The van der Waals surface area contributed by atoms with E-state index in [2.05, 4.69) is 0 Å². The molecule has 0 atom stereocenters. The Morgan fingerprint density at radius 3 is 2.69 bits per heavy atom. The van der Waals surface area contributed by atoms with Gasteiger partial charge in [-0.3, -0.25) is 0 Å². The summed E-state index contributed by atoms with van der Waals surface area (Å²) in [4.78, 5) is 10.7. The number of carboxylic acids is 1. The van der Waals surface area contributed by atoms with E-state index >= 15 is 0 Å². The summed E-state index contributed by atoms with van der Waals surface area (Å²) in [5.41, 5.74) is 3.39. The first-order chi connectivity index (χ1) is 6.20. The number of rotatable bonds is 1. The van der Waals surface area contributed by atoms with Crippen LogP contribution in [0, 0.1) is 0 Å². The Bertz CT molecular complexity index is 402. The van der Waals surface area contributed by atoms with Crippen LogP contribution in [0.25, 0.3) is 5.57 Å². The number of carbonyl (C=O) groups is 1. The molecule has 13 heavy (non-hydrogen) atoms. The molecule has 2 nitrogen and oxygen atoms in total. The van der Waals surface area contributed by atoms with E-state index in [0.29, 0.717) is 12.0 Å². The molecule has 0 heterocycles. The first-order valence-corrected chi connectivity index (χ1v) is 4.19. The first kappa shape index (κ1) is 8.05. The van der Waals surface area contributed by atoms with Crippen molar-refractivity contribution in [3.05, 3.63) is 41.0 Å². The Morgan fingerprint density at radius 2 is 2.08 bits per heavy atom. The lowest BCUT2D eigenvalue weighted by Crippen LogP contribution is -2.24. The van der Waals surface area contributed by atoms with E-state index in [1.54, 1.807) is 0 Å². The highest BCUT2D eigenvalue weighted by molar-refractivity contribution is 5.98. The lowest BCUT2D eigenvalue weighted by Gasteiger charge is -2.03. The molecule has 0 bridgehead atoms. The Hall–Kier alpha value is -1.57. The normalized spacial score (nSPS) is 14.5. The molecular formula is C11H9O2-. The number of benzene rings is 1. The summed E-state index contributed by atoms with van der Waals surface area (Å²) in [6, 6.07) is 7.74. The number of hydrogen-bond acceptors (Lipinski definition) is 2. The van der Waals surface area contributed by atoms with Gasteiger partial charge < -0.3 is 9.90 Å². The van der Waals surface area contributed by atoms with Gasteiger partial charge in [-0.05, 0) is 29.2 Å². The van der Waals surface area contributed by atoms with E-state index in [4.69, 9.17) is 0 Å². The molecule has 0 N–H and O–H groups in total. The number of fused-ring (bicyclic) bond motifs is 1. The summed E-state index contributed by atoms with van der Waals surface area (Å²) in [6.45, 7) is 1.83. The maximum atomic E-state index is 10.7. The molecule has 0 saturated heterocycles. The van der Waals surface area contributed by atoms with E-state index < -0.39 is 5.97 Å². The molecule has 1 aliphatic carbocycles. The molecule has 2 heteroatoms. The van der Waals surface area contributed by atoms with Gasteiger partial charge in [-0.1, -0.05) is 24.3 Å². The SMILES string of the molecule is CC1=C(C(=O)[O-])Cc2ccccc21. The number of carboxylic acid groups (broad SMARTS) is 1. The number of allylic oxidation sites excluding steroid dienone is 1. The van der Waals surface area contributed by atoms with Crippen molar-refractivity contribution in [3.63, 3.8) is 0 Å². The number of aliphatic carboxylic acids is 1. The Balaban J connectivity index is 2.53. The predicted octanol–water partition coefficient (Wildman–Crippen LogP) is 0.766. The van der Waals surface area contributed by atoms with Crippen LogP contribution in [-0.2, 0) is 11.2 Å². The van der Waals surface area contributed by atoms with E-state index in [9.17, 15) is 9.90 Å². The van der Waals surface area contributed by atoms with Crippen LogP contribution < -0.4 is 5.11 Å². The second-order valence-electron chi connectivity index (χ2n) is 3.22. The lowest BCUT2D eigenvalue weighted by molar-refractivity contribution is -0.299. The van der Waals surface area contributed by atoms with Crippen molar-refractivity contribution in [1.82, 2.24) is 0 Å². The van der Waals surface area contributed by atoms with Gasteiger partial charge in [0.1, 0.15) is 0 Å². The molecule has 1 aromatic carbocycles. The van der Waals surface area contributed by atoms with Gasteiger partial charge in [0.05, 0.1) is 5.97 Å². The minimum atomic E-state index is -1.05. The molecule has 2 rings (SSSR count). The summed E-state index contributed by atoms with van der Waals surface area (Å²) in [6.07, 6.45) is 0.504. The van der Waals surface area contributed by atoms with Crippen molar-refractivity contribution in [2.24, 2.45) is 0 Å². The van der Waals surface area contributed by atoms with Gasteiger partial charge in [0.25, 0.3) is 0 Å². The van der Waals surface area contributed by atoms with Gasteiger partial charge in [-0.25, -0.2) is 0 Å². The lowest BCUT2D eigenvalue weighted by atomic mass is 10.1. The fourth-order valence-corrected chi connectivity index (χ4v) is 1.75. The van der Waals surface area contributed by atoms with Crippen molar-refractivity contribution < 1.29 is 9.90 Å². The third kappa shape index (κ3) is 1.15. The van der Waals surface area contributed by atoms with E-state index in [0.717, 1.165) is 16.7 Å². The molecule has 0 amide bonds. The molecule has 0 fully saturated rings. The van der Waals surface area contributed by atoms with E-state index in [-0.39, 0.29) is 0 Å². The molecule has 0 radical (unpaired) electrons. The van der Waals surface area contributed by atoms with Crippen molar-refractivity contribution in [1.29, 1.82) is 0 Å². The van der Waals surface area contributed by atoms with Gasteiger partial charge in [0.2, 0.25) is 0 Å². The quantitative estimate of drug-likeness (QED) is 0.629. The minimum absolute atomic E-state index is 0.418. The van der Waals surface area contributed by atoms with E-state index in [1.165, 1.54) is 0 Å². The third-order valence-electron chi connectivity index (χ3n) is 2.49. The second kappa shape index (κ2) is 2.73. The fourth-order valence-electron chi connectivity index (χ4n) is 1.75. The summed E-state index contributed by atoms with van der Waals surface area (Å²) in [5, 5.41) is 10.7. The topological polar surface area (TPSA) is 40.1 Å². The zero-order valence-corrected chi connectivity index (χ0v) is 7.33. The van der Waals surface area contributed by atoms with Crippen LogP contribution >= 0.6 is 0 Å². The zero-order valence-electron chi connectivity index (χ0n) is 7.33. The Morgan fingerprint density at radius 1 is 1.38 bits per heavy atom. The van der Waals surface area contributed by atoms with Crippen LogP contribution in [0.5, 0.6) is 0 Å². The van der Waals surface area contributed by atoms with Gasteiger partial charge in [-0.2, -0.15) is 0 Å². The Kier molecular flexibility index (Phi) is 1.69. The highest BCUT2D eigenvalue weighted by Gasteiger charge is 2.17. The van der Waals surface area contributed by atoms with E-state index in [1.807, 2.05) is 31.2 Å². The van der Waals surface area contributed by atoms with Crippen LogP contribution in [0.15, 0.2) is 29.8 Å². The van der Waals surface area contributed by atoms with Crippen LogP contribution in [0.2, 0.25) is 0 Å². The van der Waals surface area contributed by atoms with Crippen molar-refractivity contribution in [2.45, 2.75) is 13.3 Å². The zero-order chi connectivity index (χ0) is 9.42. The molecule has 0 aliphatic heterocycles. The first-order valence-electron chi connectivity index (χ1n) is 4.19. The number of hydrogen-bond donors (Lipinski definition) is 0. The molecule has 0 aromatic heterocycles. The monoisotopic (exact) mass is 173 g/mol. The van der Waals surface area contributed by atoms with Crippen LogP contribution in [0.4, 0.5) is 0 Å². The summed E-state index contributed by atoms with van der Waals surface area (Å²) in [7, 11) is 0. The average Bonchev–Trinajstić information content (AvgIpc) is 2.45. The van der Waals surface area contributed by atoms with Gasteiger partial charge in [0, 0.05) is 6.42 Å². The molecule has 1 aliphatic rings.